The minimum atomic E-state index is -1.15. The Bertz CT molecular complexity index is 1360. The fourth-order valence-electron chi connectivity index (χ4n) is 3.18. The highest BCUT2D eigenvalue weighted by atomic mass is 32.1. The molecule has 3 heterocycles. The molecule has 3 aromatic heterocycles. The van der Waals surface area contributed by atoms with E-state index in [0.717, 1.165) is 5.39 Å². The lowest BCUT2D eigenvalue weighted by Gasteiger charge is -2.08. The maximum absolute atomic E-state index is 12.1. The van der Waals surface area contributed by atoms with Crippen LogP contribution in [0.2, 0.25) is 0 Å². The third kappa shape index (κ3) is 5.75. The van der Waals surface area contributed by atoms with Crippen LogP contribution in [0.15, 0.2) is 45.0 Å². The summed E-state index contributed by atoms with van der Waals surface area (Å²) in [4.78, 5) is 38.9. The lowest BCUT2D eigenvalue weighted by atomic mass is 10.2. The first-order chi connectivity index (χ1) is 16.5. The lowest BCUT2D eigenvalue weighted by Crippen LogP contribution is -2.26. The molecule has 176 valence electrons. The van der Waals surface area contributed by atoms with Gasteiger partial charge in [0.2, 0.25) is 17.6 Å². The van der Waals surface area contributed by atoms with Gasteiger partial charge < -0.3 is 20.3 Å². The highest BCUT2D eigenvalue weighted by Crippen LogP contribution is 2.27. The zero-order chi connectivity index (χ0) is 23.9. The molecular weight excluding hydrogens is 462 g/mol. The number of fused-ring (bicyclic) bond motifs is 1. The molecule has 0 unspecified atom stereocenters. The van der Waals surface area contributed by atoms with Gasteiger partial charge in [0.25, 0.3) is 5.56 Å². The van der Waals surface area contributed by atoms with Crippen LogP contribution in [-0.4, -0.2) is 50.5 Å². The lowest BCUT2D eigenvalue weighted by molar-refractivity contribution is -0.121. The standard InChI is InChI=1S/C21H21N7O5S/c29-15(6-7-16-24-18(28-33-16)12-10-17(34-11-12)25-21(31)32)22-8-3-9-23-19-13-4-1-2-5-14(13)20(30)27-26-19/h1-2,4-5,10-11,25H,3,6-9H2,(H,22,29)(H,23,26)(H,27,30)(H,31,32). The van der Waals surface area contributed by atoms with Crippen LogP contribution in [0.25, 0.3) is 22.2 Å². The molecule has 2 amide bonds. The molecule has 0 aliphatic carbocycles. The molecule has 0 atom stereocenters. The second-order valence-corrected chi connectivity index (χ2v) is 8.13. The average Bonchev–Trinajstić information content (AvgIpc) is 3.48. The van der Waals surface area contributed by atoms with Gasteiger partial charge in [-0.25, -0.2) is 9.89 Å². The number of benzene rings is 1. The number of aromatic amines is 1. The number of nitrogens with one attached hydrogen (secondary N) is 4. The molecule has 5 N–H and O–H groups in total. The quantitative estimate of drug-likeness (QED) is 0.212. The Labute approximate surface area is 196 Å². The molecular formula is C21H21N7O5S. The molecule has 0 saturated heterocycles. The topological polar surface area (TPSA) is 175 Å². The summed E-state index contributed by atoms with van der Waals surface area (Å²) < 4.78 is 5.18. The van der Waals surface area contributed by atoms with Crippen LogP contribution >= 0.6 is 11.3 Å². The molecule has 4 aromatic rings. The molecule has 12 nitrogen and oxygen atoms in total. The van der Waals surface area contributed by atoms with Gasteiger partial charge in [-0.05, 0) is 18.6 Å². The van der Waals surface area contributed by atoms with Crippen LogP contribution in [0, 0.1) is 0 Å². The van der Waals surface area contributed by atoms with Crippen molar-refractivity contribution in [3.63, 3.8) is 0 Å². The number of carboxylic acid groups (broad SMARTS) is 1. The maximum atomic E-state index is 12.1. The Kier molecular flexibility index (Phi) is 7.13. The van der Waals surface area contributed by atoms with Gasteiger partial charge in [0, 0.05) is 42.3 Å². The molecule has 1 aromatic carbocycles. The summed E-state index contributed by atoms with van der Waals surface area (Å²) >= 11 is 1.21. The number of H-pyrrole nitrogens is 1. The largest absolute Gasteiger partial charge is 0.465 e. The first kappa shape index (κ1) is 22.9. The Morgan fingerprint density at radius 3 is 2.82 bits per heavy atom. The van der Waals surface area contributed by atoms with E-state index in [9.17, 15) is 14.4 Å². The normalized spacial score (nSPS) is 10.8. The number of carbonyl (C=O) groups excluding carboxylic acids is 1. The van der Waals surface area contributed by atoms with E-state index >= 15 is 0 Å². The van der Waals surface area contributed by atoms with Crippen molar-refractivity contribution in [3.05, 3.63) is 52.0 Å². The van der Waals surface area contributed by atoms with Gasteiger partial charge >= 0.3 is 6.09 Å². The summed E-state index contributed by atoms with van der Waals surface area (Å²) in [5.74, 6) is 1.10. The minimum Gasteiger partial charge on any atom is -0.465 e. The van der Waals surface area contributed by atoms with Gasteiger partial charge in [0.05, 0.1) is 10.4 Å². The third-order valence-corrected chi connectivity index (χ3v) is 5.63. The van der Waals surface area contributed by atoms with Crippen LogP contribution in [0.4, 0.5) is 15.6 Å². The number of aromatic nitrogens is 4. The fraction of sp³-hybridized carbons (Fsp3) is 0.238. The number of amides is 2. The van der Waals surface area contributed by atoms with E-state index in [0.29, 0.717) is 53.0 Å². The van der Waals surface area contributed by atoms with Gasteiger partial charge in [-0.3, -0.25) is 14.9 Å². The Morgan fingerprint density at radius 1 is 1.18 bits per heavy atom. The van der Waals surface area contributed by atoms with Gasteiger partial charge in [-0.2, -0.15) is 10.1 Å². The number of aryl methyl sites for hydroxylation is 1. The van der Waals surface area contributed by atoms with E-state index in [-0.39, 0.29) is 24.3 Å². The van der Waals surface area contributed by atoms with Crippen molar-refractivity contribution in [2.24, 2.45) is 0 Å². The van der Waals surface area contributed by atoms with E-state index in [1.807, 2.05) is 12.1 Å². The zero-order valence-electron chi connectivity index (χ0n) is 17.8. The zero-order valence-corrected chi connectivity index (χ0v) is 18.6. The summed E-state index contributed by atoms with van der Waals surface area (Å²) in [6.45, 7) is 1.03. The monoisotopic (exact) mass is 483 g/mol. The summed E-state index contributed by atoms with van der Waals surface area (Å²) in [5, 5.41) is 30.9. The Balaban J connectivity index is 1.18. The van der Waals surface area contributed by atoms with Crippen LogP contribution in [0.5, 0.6) is 0 Å². The highest BCUT2D eigenvalue weighted by Gasteiger charge is 2.13. The van der Waals surface area contributed by atoms with E-state index < -0.39 is 6.09 Å². The predicted octanol–water partition coefficient (Wildman–Crippen LogP) is 2.68. The minimum absolute atomic E-state index is 0.143. The Morgan fingerprint density at radius 2 is 2.00 bits per heavy atom. The first-order valence-electron chi connectivity index (χ1n) is 10.4. The van der Waals surface area contributed by atoms with Crippen LogP contribution < -0.4 is 21.5 Å². The molecule has 0 radical (unpaired) electrons. The van der Waals surface area contributed by atoms with Gasteiger partial charge in [0.15, 0.2) is 5.82 Å². The summed E-state index contributed by atoms with van der Waals surface area (Å²) in [7, 11) is 0. The fourth-order valence-corrected chi connectivity index (χ4v) is 3.95. The molecule has 0 bridgehead atoms. The van der Waals surface area contributed by atoms with Crippen molar-refractivity contribution in [2.45, 2.75) is 19.3 Å². The molecule has 0 fully saturated rings. The summed E-state index contributed by atoms with van der Waals surface area (Å²) in [6.07, 6.45) is -0.00693. The second-order valence-electron chi connectivity index (χ2n) is 7.22. The number of carbonyl (C=O) groups is 2. The number of rotatable bonds is 10. The van der Waals surface area contributed by atoms with Crippen molar-refractivity contribution < 1.29 is 19.2 Å². The first-order valence-corrected chi connectivity index (χ1v) is 11.3. The number of thiophene rings is 1. The molecule has 0 aliphatic heterocycles. The third-order valence-electron chi connectivity index (χ3n) is 4.79. The van der Waals surface area contributed by atoms with E-state index in [1.54, 1.807) is 23.6 Å². The van der Waals surface area contributed by atoms with E-state index in [4.69, 9.17) is 9.63 Å². The van der Waals surface area contributed by atoms with Crippen LogP contribution in [-0.2, 0) is 11.2 Å². The van der Waals surface area contributed by atoms with Crippen molar-refractivity contribution in [1.29, 1.82) is 0 Å². The van der Waals surface area contributed by atoms with Crippen molar-refractivity contribution in [2.75, 3.05) is 23.7 Å². The van der Waals surface area contributed by atoms with Crippen molar-refractivity contribution in [1.82, 2.24) is 25.7 Å². The average molecular weight is 484 g/mol. The summed E-state index contributed by atoms with van der Waals surface area (Å²) in [6, 6.07) is 8.82. The number of nitrogens with zero attached hydrogens (tertiary/aromatic N) is 3. The smallest absolute Gasteiger partial charge is 0.409 e. The molecule has 0 spiro atoms. The van der Waals surface area contributed by atoms with Gasteiger partial charge in [-0.15, -0.1) is 11.3 Å². The Hall–Kier alpha value is -4.26. The van der Waals surface area contributed by atoms with Gasteiger partial charge in [0.1, 0.15) is 0 Å². The highest BCUT2D eigenvalue weighted by molar-refractivity contribution is 7.14. The molecule has 4 rings (SSSR count). The van der Waals surface area contributed by atoms with Gasteiger partial charge in [-0.1, -0.05) is 23.4 Å². The summed E-state index contributed by atoms with van der Waals surface area (Å²) in [5.41, 5.74) is 0.391. The van der Waals surface area contributed by atoms with Crippen LogP contribution in [0.1, 0.15) is 18.7 Å². The number of hydrogen-bond donors (Lipinski definition) is 5. The van der Waals surface area contributed by atoms with E-state index in [2.05, 4.69) is 36.3 Å². The molecule has 34 heavy (non-hydrogen) atoms. The van der Waals surface area contributed by atoms with Crippen molar-refractivity contribution in [3.8, 4) is 11.4 Å². The molecule has 0 saturated carbocycles. The maximum Gasteiger partial charge on any atom is 0.409 e. The second kappa shape index (κ2) is 10.6. The SMILES string of the molecule is O=C(O)Nc1cc(-c2noc(CCC(=O)NCCCNc3n[nH]c(=O)c4ccccc34)n2)cs1. The van der Waals surface area contributed by atoms with Crippen LogP contribution in [0.3, 0.4) is 0 Å². The predicted molar refractivity (Wildman–Crippen MR) is 126 cm³/mol. The number of anilines is 2. The molecule has 13 heteroatoms. The van der Waals surface area contributed by atoms with E-state index in [1.165, 1.54) is 11.3 Å². The molecule has 0 aliphatic rings. The van der Waals surface area contributed by atoms with Crippen molar-refractivity contribution >= 4 is 44.9 Å². The number of hydrogen-bond acceptors (Lipinski definition) is 9.